The van der Waals surface area contributed by atoms with Gasteiger partial charge in [-0.2, -0.15) is 0 Å². The molecule has 0 aliphatic heterocycles. The molecule has 0 fully saturated rings. The zero-order valence-corrected chi connectivity index (χ0v) is 21.4. The van der Waals surface area contributed by atoms with Gasteiger partial charge in [0.15, 0.2) is 0 Å². The molecule has 0 heterocycles. The zero-order valence-electron chi connectivity index (χ0n) is 21.4. The van der Waals surface area contributed by atoms with Crippen molar-refractivity contribution in [2.75, 3.05) is 0 Å². The van der Waals surface area contributed by atoms with Crippen molar-refractivity contribution in [3.8, 4) is 22.3 Å². The van der Waals surface area contributed by atoms with Crippen molar-refractivity contribution in [2.24, 2.45) is 11.8 Å². The number of benzene rings is 3. The van der Waals surface area contributed by atoms with E-state index in [4.69, 9.17) is 0 Å². The molecule has 0 unspecified atom stereocenters. The van der Waals surface area contributed by atoms with E-state index in [1.54, 1.807) is 24.3 Å². The highest BCUT2D eigenvalue weighted by molar-refractivity contribution is 6.04. The van der Waals surface area contributed by atoms with Crippen LogP contribution in [0.5, 0.6) is 0 Å². The summed E-state index contributed by atoms with van der Waals surface area (Å²) in [6, 6.07) is 16.4. The molecule has 0 radical (unpaired) electrons. The predicted molar refractivity (Wildman–Crippen MR) is 142 cm³/mol. The largest absolute Gasteiger partial charge is 0.478 e. The molecule has 4 nitrogen and oxygen atoms in total. The fraction of sp³-hybridized carbons (Fsp3) is 0.355. The third-order valence-electron chi connectivity index (χ3n) is 6.22. The minimum atomic E-state index is -0.989. The Kier molecular flexibility index (Phi) is 8.50. The van der Waals surface area contributed by atoms with Crippen LogP contribution in [-0.2, 0) is 19.3 Å². The monoisotopic (exact) mass is 472 g/mol. The molecule has 4 heteroatoms. The molecule has 0 spiro atoms. The summed E-state index contributed by atoms with van der Waals surface area (Å²) in [5, 5.41) is 20.1. The Hall–Kier alpha value is -3.40. The number of hydrogen-bond acceptors (Lipinski definition) is 2. The molecule has 0 aliphatic carbocycles. The smallest absolute Gasteiger partial charge is 0.336 e. The van der Waals surface area contributed by atoms with Crippen LogP contribution in [0.25, 0.3) is 22.3 Å². The summed E-state index contributed by atoms with van der Waals surface area (Å²) in [5.74, 6) is -1.21. The van der Waals surface area contributed by atoms with Crippen molar-refractivity contribution in [1.29, 1.82) is 0 Å². The fourth-order valence-corrected chi connectivity index (χ4v) is 4.95. The molecular formula is C31H36O4. The van der Waals surface area contributed by atoms with E-state index in [1.165, 1.54) is 5.56 Å². The molecule has 0 saturated heterocycles. The van der Waals surface area contributed by atoms with E-state index < -0.39 is 11.9 Å². The first-order valence-electron chi connectivity index (χ1n) is 12.5. The van der Waals surface area contributed by atoms with Crippen molar-refractivity contribution in [2.45, 2.75) is 60.3 Å². The van der Waals surface area contributed by atoms with Gasteiger partial charge in [0.25, 0.3) is 0 Å². The van der Waals surface area contributed by atoms with Gasteiger partial charge in [-0.3, -0.25) is 0 Å². The first kappa shape index (κ1) is 26.2. The summed E-state index contributed by atoms with van der Waals surface area (Å²) in [6.07, 6.45) is 3.33. The highest BCUT2D eigenvalue weighted by Gasteiger charge is 2.26. The highest BCUT2D eigenvalue weighted by atomic mass is 16.4. The number of rotatable bonds is 10. The zero-order chi connectivity index (χ0) is 25.7. The molecule has 3 aromatic rings. The van der Waals surface area contributed by atoms with Gasteiger partial charge in [-0.15, -0.1) is 0 Å². The molecule has 0 atom stereocenters. The lowest BCUT2D eigenvalue weighted by molar-refractivity contribution is 0.0686. The van der Waals surface area contributed by atoms with E-state index in [9.17, 15) is 19.8 Å². The van der Waals surface area contributed by atoms with Crippen LogP contribution in [0, 0.1) is 11.8 Å². The lowest BCUT2D eigenvalue weighted by Crippen LogP contribution is -2.12. The van der Waals surface area contributed by atoms with Crippen LogP contribution in [0.15, 0.2) is 54.6 Å². The quantitative estimate of drug-likeness (QED) is 0.316. The Morgan fingerprint density at radius 3 is 1.66 bits per heavy atom. The Labute approximate surface area is 208 Å². The van der Waals surface area contributed by atoms with Crippen LogP contribution < -0.4 is 0 Å². The van der Waals surface area contributed by atoms with Gasteiger partial charge in [0.1, 0.15) is 0 Å². The molecular weight excluding hydrogens is 436 g/mol. The third kappa shape index (κ3) is 5.82. The predicted octanol–water partition coefficient (Wildman–Crippen LogP) is 7.77. The van der Waals surface area contributed by atoms with E-state index >= 15 is 0 Å². The second kappa shape index (κ2) is 11.4. The first-order chi connectivity index (χ1) is 16.6. The third-order valence-corrected chi connectivity index (χ3v) is 6.22. The lowest BCUT2D eigenvalue weighted by Gasteiger charge is -2.26. The van der Waals surface area contributed by atoms with Gasteiger partial charge in [-0.1, -0.05) is 83.5 Å². The minimum absolute atomic E-state index is 0.228. The van der Waals surface area contributed by atoms with E-state index in [2.05, 4.69) is 40.7 Å². The van der Waals surface area contributed by atoms with Gasteiger partial charge < -0.3 is 10.2 Å². The van der Waals surface area contributed by atoms with Gasteiger partial charge in [-0.05, 0) is 82.2 Å². The van der Waals surface area contributed by atoms with Crippen molar-refractivity contribution in [3.63, 3.8) is 0 Å². The van der Waals surface area contributed by atoms with Crippen LogP contribution in [0.2, 0.25) is 0 Å². The maximum Gasteiger partial charge on any atom is 0.336 e. The number of carboxylic acids is 2. The van der Waals surface area contributed by atoms with Crippen LogP contribution in [0.1, 0.15) is 78.4 Å². The Balaban J connectivity index is 2.60. The summed E-state index contributed by atoms with van der Waals surface area (Å²) >= 11 is 0. The average Bonchev–Trinajstić information content (AvgIpc) is 2.80. The number of carbonyl (C=O) groups is 2. The minimum Gasteiger partial charge on any atom is -0.478 e. The van der Waals surface area contributed by atoms with E-state index in [1.807, 2.05) is 24.3 Å². The molecule has 184 valence electrons. The maximum absolute atomic E-state index is 12.3. The van der Waals surface area contributed by atoms with Gasteiger partial charge in [-0.25, -0.2) is 9.59 Å². The van der Waals surface area contributed by atoms with Gasteiger partial charge >= 0.3 is 11.9 Å². The van der Waals surface area contributed by atoms with Gasteiger partial charge in [0.05, 0.1) is 11.1 Å². The second-order valence-electron chi connectivity index (χ2n) is 10.1. The molecule has 3 rings (SSSR count). The average molecular weight is 473 g/mol. The molecule has 0 aliphatic rings. The highest BCUT2D eigenvalue weighted by Crippen LogP contribution is 2.44. The maximum atomic E-state index is 12.3. The van der Waals surface area contributed by atoms with Crippen LogP contribution >= 0.6 is 0 Å². The number of hydrogen-bond donors (Lipinski definition) is 2. The molecule has 0 amide bonds. The van der Waals surface area contributed by atoms with Crippen LogP contribution in [-0.4, -0.2) is 22.2 Å². The summed E-state index contributed by atoms with van der Waals surface area (Å²) in [7, 11) is 0. The fourth-order valence-electron chi connectivity index (χ4n) is 4.95. The van der Waals surface area contributed by atoms with Crippen molar-refractivity contribution in [3.05, 3.63) is 82.4 Å². The second-order valence-corrected chi connectivity index (χ2v) is 10.1. The standard InChI is InChI=1S/C31H36O4/c1-6-11-21-18-22(16-19(2)3)27(17-20(4)5)29(24-13-8-10-15-26(24)31(34)35)28(21)23-12-7-9-14-25(23)30(32)33/h7-10,12-15,18-20H,6,11,16-17H2,1-5H3,(H,32,33)(H,34,35). The van der Waals surface area contributed by atoms with Crippen LogP contribution in [0.3, 0.4) is 0 Å². The van der Waals surface area contributed by atoms with E-state index in [0.29, 0.717) is 23.0 Å². The molecule has 0 aromatic heterocycles. The van der Waals surface area contributed by atoms with Crippen LogP contribution in [0.4, 0.5) is 0 Å². The number of carboxylic acid groups (broad SMARTS) is 2. The Bertz CT molecular complexity index is 1220. The topological polar surface area (TPSA) is 74.6 Å². The van der Waals surface area contributed by atoms with E-state index in [0.717, 1.165) is 47.9 Å². The molecule has 3 aromatic carbocycles. The van der Waals surface area contributed by atoms with Crippen molar-refractivity contribution < 1.29 is 19.8 Å². The number of aromatic carboxylic acids is 2. The van der Waals surface area contributed by atoms with E-state index in [-0.39, 0.29) is 11.1 Å². The SMILES string of the molecule is CCCc1cc(CC(C)C)c(CC(C)C)c(-c2ccccc2C(=O)O)c1-c1ccccc1C(=O)O. The Morgan fingerprint density at radius 2 is 1.20 bits per heavy atom. The number of aryl methyl sites for hydroxylation is 1. The van der Waals surface area contributed by atoms with Crippen molar-refractivity contribution >= 4 is 11.9 Å². The lowest BCUT2D eigenvalue weighted by atomic mass is 9.77. The Morgan fingerprint density at radius 1 is 0.714 bits per heavy atom. The van der Waals surface area contributed by atoms with Gasteiger partial charge in [0.2, 0.25) is 0 Å². The molecule has 2 N–H and O–H groups in total. The summed E-state index contributed by atoms with van der Waals surface area (Å²) in [4.78, 5) is 24.6. The summed E-state index contributed by atoms with van der Waals surface area (Å²) in [6.45, 7) is 10.8. The van der Waals surface area contributed by atoms with Crippen molar-refractivity contribution in [1.82, 2.24) is 0 Å². The molecule has 35 heavy (non-hydrogen) atoms. The summed E-state index contributed by atoms with van der Waals surface area (Å²) in [5.41, 5.74) is 6.88. The molecule has 0 saturated carbocycles. The van der Waals surface area contributed by atoms with Gasteiger partial charge in [0, 0.05) is 0 Å². The molecule has 0 bridgehead atoms. The first-order valence-corrected chi connectivity index (χ1v) is 12.5. The normalized spacial score (nSPS) is 11.3. The summed E-state index contributed by atoms with van der Waals surface area (Å²) < 4.78 is 0.